The molecule has 3 heterocycles. The van der Waals surface area contributed by atoms with Crippen LogP contribution in [0.1, 0.15) is 30.6 Å². The van der Waals surface area contributed by atoms with Crippen LogP contribution >= 0.6 is 0 Å². The Morgan fingerprint density at radius 3 is 2.86 bits per heavy atom. The highest BCUT2D eigenvalue weighted by Crippen LogP contribution is 2.27. The first-order valence-corrected chi connectivity index (χ1v) is 9.80. The summed E-state index contributed by atoms with van der Waals surface area (Å²) < 4.78 is 27.1. The van der Waals surface area contributed by atoms with E-state index < -0.39 is 0 Å². The van der Waals surface area contributed by atoms with Gasteiger partial charge in [0.2, 0.25) is 0 Å². The minimum Gasteiger partial charge on any atom is -0.460 e. The van der Waals surface area contributed by atoms with Gasteiger partial charge < -0.3 is 9.15 Å². The van der Waals surface area contributed by atoms with Gasteiger partial charge in [0.05, 0.1) is 11.8 Å². The zero-order chi connectivity index (χ0) is 19.5. The zero-order valence-corrected chi connectivity index (χ0v) is 16.4. The van der Waals surface area contributed by atoms with E-state index in [1.807, 2.05) is 31.3 Å². The van der Waals surface area contributed by atoms with E-state index in [4.69, 9.17) is 14.3 Å². The molecule has 1 aliphatic rings. The normalized spacial score (nSPS) is 17.4. The average molecular weight is 383 g/mol. The maximum atomic E-state index is 13.7. The van der Waals surface area contributed by atoms with Gasteiger partial charge in [-0.25, -0.2) is 9.07 Å². The van der Waals surface area contributed by atoms with Gasteiger partial charge in [0, 0.05) is 31.5 Å². The Labute approximate surface area is 164 Å². The van der Waals surface area contributed by atoms with E-state index in [1.54, 1.807) is 10.7 Å². The number of hydrogen-bond donors (Lipinski definition) is 0. The molecule has 0 amide bonds. The predicted molar refractivity (Wildman–Crippen MR) is 106 cm³/mol. The summed E-state index contributed by atoms with van der Waals surface area (Å²) >= 11 is 0. The fourth-order valence-electron chi connectivity index (χ4n) is 3.70. The van der Waals surface area contributed by atoms with Crippen LogP contribution in [0, 0.1) is 12.7 Å². The van der Waals surface area contributed by atoms with E-state index in [0.717, 1.165) is 48.8 Å². The average Bonchev–Trinajstić information content (AvgIpc) is 3.29. The smallest absolute Gasteiger partial charge is 0.154 e. The summed E-state index contributed by atoms with van der Waals surface area (Å²) in [4.78, 5) is 2.25. The molecular weight excluding hydrogens is 357 g/mol. The Morgan fingerprint density at radius 2 is 2.14 bits per heavy atom. The molecule has 0 radical (unpaired) electrons. The number of nitrogens with zero attached hydrogens (tertiary/aromatic N) is 3. The number of aryl methyl sites for hydroxylation is 1. The van der Waals surface area contributed by atoms with Gasteiger partial charge in [-0.3, -0.25) is 4.90 Å². The number of halogens is 1. The molecule has 148 valence electrons. The quantitative estimate of drug-likeness (QED) is 0.625. The fraction of sp³-hybridized carbons (Fsp3) is 0.409. The van der Waals surface area contributed by atoms with Crippen molar-refractivity contribution in [3.8, 4) is 17.1 Å². The molecule has 0 saturated carbocycles. The molecule has 0 spiro atoms. The van der Waals surface area contributed by atoms with E-state index in [9.17, 15) is 4.39 Å². The lowest BCUT2D eigenvalue weighted by Crippen LogP contribution is -2.33. The Balaban J connectivity index is 1.60. The van der Waals surface area contributed by atoms with Crippen molar-refractivity contribution >= 4 is 0 Å². The monoisotopic (exact) mass is 383 g/mol. The van der Waals surface area contributed by atoms with Crippen molar-refractivity contribution in [3.63, 3.8) is 0 Å². The van der Waals surface area contributed by atoms with Crippen LogP contribution in [-0.2, 0) is 11.3 Å². The summed E-state index contributed by atoms with van der Waals surface area (Å²) in [5, 5.41) is 4.70. The third kappa shape index (κ3) is 4.34. The number of aromatic nitrogens is 2. The number of hydrogen-bond acceptors (Lipinski definition) is 4. The number of likely N-dealkylation sites (N-methyl/N-ethyl adjacent to an activating group) is 1. The first-order valence-electron chi connectivity index (χ1n) is 9.80. The second kappa shape index (κ2) is 8.29. The minimum atomic E-state index is -0.281. The van der Waals surface area contributed by atoms with Crippen LogP contribution in [0.5, 0.6) is 0 Å². The molecule has 5 nitrogen and oxygen atoms in total. The molecule has 2 aromatic heterocycles. The van der Waals surface area contributed by atoms with Crippen molar-refractivity contribution in [2.75, 3.05) is 20.2 Å². The predicted octanol–water partition coefficient (Wildman–Crippen LogP) is 4.58. The zero-order valence-electron chi connectivity index (χ0n) is 16.4. The number of rotatable bonds is 6. The molecule has 3 aromatic rings. The molecule has 1 fully saturated rings. The van der Waals surface area contributed by atoms with Gasteiger partial charge in [0.1, 0.15) is 17.3 Å². The van der Waals surface area contributed by atoms with Crippen molar-refractivity contribution in [1.82, 2.24) is 14.7 Å². The number of benzene rings is 1. The van der Waals surface area contributed by atoms with Gasteiger partial charge in [-0.15, -0.1) is 0 Å². The lowest BCUT2D eigenvalue weighted by molar-refractivity contribution is -0.00257. The second-order valence-corrected chi connectivity index (χ2v) is 7.52. The lowest BCUT2D eigenvalue weighted by Gasteiger charge is -2.27. The summed E-state index contributed by atoms with van der Waals surface area (Å²) in [7, 11) is 2.09. The first kappa shape index (κ1) is 18.9. The molecule has 1 saturated heterocycles. The van der Waals surface area contributed by atoms with Crippen LogP contribution in [-0.4, -0.2) is 41.0 Å². The van der Waals surface area contributed by atoms with E-state index in [-0.39, 0.29) is 11.9 Å². The summed E-state index contributed by atoms with van der Waals surface area (Å²) in [6.07, 6.45) is 5.73. The Bertz CT molecular complexity index is 928. The summed E-state index contributed by atoms with van der Waals surface area (Å²) in [5.74, 6) is 1.28. The van der Waals surface area contributed by atoms with E-state index in [1.165, 1.54) is 18.6 Å². The van der Waals surface area contributed by atoms with Crippen LogP contribution in [0.15, 0.2) is 47.0 Å². The maximum Gasteiger partial charge on any atom is 0.154 e. The molecule has 1 aromatic carbocycles. The second-order valence-electron chi connectivity index (χ2n) is 7.52. The lowest BCUT2D eigenvalue weighted by atomic mass is 10.1. The molecule has 0 N–H and O–H groups in total. The third-order valence-corrected chi connectivity index (χ3v) is 5.07. The molecule has 1 atom stereocenters. The van der Waals surface area contributed by atoms with E-state index in [2.05, 4.69) is 11.9 Å². The largest absolute Gasteiger partial charge is 0.460 e. The van der Waals surface area contributed by atoms with Crippen LogP contribution in [0.2, 0.25) is 0 Å². The highest BCUT2D eigenvalue weighted by atomic mass is 19.1. The molecule has 0 bridgehead atoms. The molecule has 0 aliphatic carbocycles. The van der Waals surface area contributed by atoms with Crippen LogP contribution in [0.3, 0.4) is 0 Å². The summed E-state index contributed by atoms with van der Waals surface area (Å²) in [6, 6.07) is 10.3. The maximum absolute atomic E-state index is 13.7. The number of ether oxygens (including phenoxy) is 1. The molecule has 6 heteroatoms. The summed E-state index contributed by atoms with van der Waals surface area (Å²) in [5.41, 5.74) is 2.51. The van der Waals surface area contributed by atoms with Crippen molar-refractivity contribution < 1.29 is 13.5 Å². The van der Waals surface area contributed by atoms with Crippen molar-refractivity contribution in [2.24, 2.45) is 0 Å². The Morgan fingerprint density at radius 1 is 1.25 bits per heavy atom. The molecule has 0 unspecified atom stereocenters. The molecule has 1 aliphatic heterocycles. The SMILES string of the molecule is Cc1ccc(-c2nn(-c3cccc(F)c3)cc2CN(C)C[C@H]2CCCCO2)o1. The van der Waals surface area contributed by atoms with Crippen molar-refractivity contribution in [2.45, 2.75) is 38.8 Å². The first-order chi connectivity index (χ1) is 13.6. The topological polar surface area (TPSA) is 43.4 Å². The molecule has 28 heavy (non-hydrogen) atoms. The van der Waals surface area contributed by atoms with E-state index in [0.29, 0.717) is 12.2 Å². The van der Waals surface area contributed by atoms with Gasteiger partial charge in [0.25, 0.3) is 0 Å². The van der Waals surface area contributed by atoms with Crippen LogP contribution in [0.4, 0.5) is 4.39 Å². The highest BCUT2D eigenvalue weighted by molar-refractivity contribution is 5.57. The Hall–Kier alpha value is -2.44. The van der Waals surface area contributed by atoms with Gasteiger partial charge in [0.15, 0.2) is 5.76 Å². The van der Waals surface area contributed by atoms with Crippen LogP contribution in [0.25, 0.3) is 17.1 Å². The van der Waals surface area contributed by atoms with Gasteiger partial charge in [-0.1, -0.05) is 6.07 Å². The van der Waals surface area contributed by atoms with Crippen LogP contribution < -0.4 is 0 Å². The van der Waals surface area contributed by atoms with E-state index >= 15 is 0 Å². The van der Waals surface area contributed by atoms with Gasteiger partial charge in [-0.2, -0.15) is 5.10 Å². The van der Waals surface area contributed by atoms with Crippen molar-refractivity contribution in [1.29, 1.82) is 0 Å². The third-order valence-electron chi connectivity index (χ3n) is 5.07. The molecular formula is C22H26FN3O2. The van der Waals surface area contributed by atoms with Gasteiger partial charge >= 0.3 is 0 Å². The Kier molecular flexibility index (Phi) is 5.59. The molecule has 4 rings (SSSR count). The van der Waals surface area contributed by atoms with Gasteiger partial charge in [-0.05, 0) is 63.6 Å². The summed E-state index contributed by atoms with van der Waals surface area (Å²) in [6.45, 7) is 4.36. The fourth-order valence-corrected chi connectivity index (χ4v) is 3.70. The highest BCUT2D eigenvalue weighted by Gasteiger charge is 2.20. The van der Waals surface area contributed by atoms with Crippen molar-refractivity contribution in [3.05, 3.63) is 59.7 Å². The standard InChI is InChI=1S/C22H26FN3O2/c1-16-9-10-21(28-16)22-17(13-25(2)15-20-8-3-4-11-27-20)14-26(24-22)19-7-5-6-18(23)12-19/h5-7,9-10,12,14,20H,3-4,8,11,13,15H2,1-2H3/t20-/m1/s1. The number of furan rings is 1. The minimum absolute atomic E-state index is 0.281.